The summed E-state index contributed by atoms with van der Waals surface area (Å²) < 4.78 is 39.6. The summed E-state index contributed by atoms with van der Waals surface area (Å²) >= 11 is 0. The van der Waals surface area contributed by atoms with Crippen LogP contribution in [0.2, 0.25) is 0 Å². The third kappa shape index (κ3) is 5.57. The van der Waals surface area contributed by atoms with Crippen LogP contribution in [-0.4, -0.2) is 35.0 Å². The van der Waals surface area contributed by atoms with Gasteiger partial charge in [-0.25, -0.2) is 0 Å². The molecule has 2 atom stereocenters. The van der Waals surface area contributed by atoms with E-state index in [0.29, 0.717) is 5.56 Å². The molecule has 0 amide bonds. The Balaban J connectivity index is 2.75. The Labute approximate surface area is 130 Å². The van der Waals surface area contributed by atoms with Crippen molar-refractivity contribution in [2.75, 3.05) is 6.54 Å². The van der Waals surface area contributed by atoms with E-state index in [1.807, 2.05) is 13.8 Å². The van der Waals surface area contributed by atoms with Gasteiger partial charge in [0, 0.05) is 24.4 Å². The highest BCUT2D eigenvalue weighted by Crippen LogP contribution is 2.28. The summed E-state index contributed by atoms with van der Waals surface area (Å²) in [5.74, 6) is -0.0127. The second-order valence-electron chi connectivity index (χ2n) is 6.71. The first kappa shape index (κ1) is 18.9. The molecule has 1 rings (SSSR count). The lowest BCUT2D eigenvalue weighted by Crippen LogP contribution is -2.50. The molecule has 0 aromatic carbocycles. The SMILES string of the molecule is CC(C)C(O)C(C)(C)CNC(Cc1ccncc1)C(F)(F)F. The minimum Gasteiger partial charge on any atom is -0.392 e. The number of pyridine rings is 1. The van der Waals surface area contributed by atoms with E-state index >= 15 is 0 Å². The molecule has 0 aliphatic rings. The Bertz CT molecular complexity index is 446. The van der Waals surface area contributed by atoms with Crippen LogP contribution in [0.3, 0.4) is 0 Å². The first-order chi connectivity index (χ1) is 10.0. The predicted octanol–water partition coefficient (Wildman–Crippen LogP) is 3.19. The number of aromatic nitrogens is 1. The molecule has 0 bridgehead atoms. The van der Waals surface area contributed by atoms with Gasteiger partial charge in [-0.2, -0.15) is 13.2 Å². The van der Waals surface area contributed by atoms with E-state index in [9.17, 15) is 18.3 Å². The van der Waals surface area contributed by atoms with Gasteiger partial charge in [-0.1, -0.05) is 27.7 Å². The van der Waals surface area contributed by atoms with Crippen LogP contribution in [0.15, 0.2) is 24.5 Å². The van der Waals surface area contributed by atoms with Gasteiger partial charge in [0.2, 0.25) is 0 Å². The van der Waals surface area contributed by atoms with Crippen molar-refractivity contribution < 1.29 is 18.3 Å². The zero-order valence-electron chi connectivity index (χ0n) is 13.5. The monoisotopic (exact) mass is 318 g/mol. The number of nitrogens with one attached hydrogen (secondary N) is 1. The summed E-state index contributed by atoms with van der Waals surface area (Å²) in [4.78, 5) is 3.81. The van der Waals surface area contributed by atoms with Crippen LogP contribution >= 0.6 is 0 Å². The van der Waals surface area contributed by atoms with Crippen LogP contribution in [0, 0.1) is 11.3 Å². The van der Waals surface area contributed by atoms with E-state index in [4.69, 9.17) is 0 Å². The molecule has 22 heavy (non-hydrogen) atoms. The lowest BCUT2D eigenvalue weighted by atomic mass is 9.80. The fourth-order valence-corrected chi connectivity index (χ4v) is 2.45. The normalized spacial score (nSPS) is 15.9. The van der Waals surface area contributed by atoms with Crippen molar-refractivity contribution >= 4 is 0 Å². The number of aliphatic hydroxyl groups excluding tert-OH is 1. The molecule has 1 aromatic rings. The minimum atomic E-state index is -4.35. The Morgan fingerprint density at radius 1 is 1.18 bits per heavy atom. The van der Waals surface area contributed by atoms with Crippen LogP contribution < -0.4 is 5.32 Å². The molecule has 0 saturated heterocycles. The van der Waals surface area contributed by atoms with E-state index < -0.39 is 23.7 Å². The first-order valence-electron chi connectivity index (χ1n) is 7.41. The molecule has 0 aliphatic heterocycles. The van der Waals surface area contributed by atoms with Gasteiger partial charge < -0.3 is 10.4 Å². The lowest BCUT2D eigenvalue weighted by Gasteiger charge is -2.35. The fraction of sp³-hybridized carbons (Fsp3) is 0.688. The van der Waals surface area contributed by atoms with Crippen molar-refractivity contribution in [2.24, 2.45) is 11.3 Å². The first-order valence-corrected chi connectivity index (χ1v) is 7.41. The van der Waals surface area contributed by atoms with Crippen molar-refractivity contribution in [1.82, 2.24) is 10.3 Å². The van der Waals surface area contributed by atoms with Crippen LogP contribution in [0.4, 0.5) is 13.2 Å². The second-order valence-corrected chi connectivity index (χ2v) is 6.71. The quantitative estimate of drug-likeness (QED) is 0.811. The van der Waals surface area contributed by atoms with Gasteiger partial charge in [-0.15, -0.1) is 0 Å². The molecular formula is C16H25F3N2O. The standard InChI is InChI=1S/C16H25F3N2O/c1-11(2)14(22)15(3,4)10-21-13(16(17,18)19)9-12-5-7-20-8-6-12/h5-8,11,13-14,21-22H,9-10H2,1-4H3. The van der Waals surface area contributed by atoms with E-state index in [2.05, 4.69) is 10.3 Å². The van der Waals surface area contributed by atoms with Gasteiger partial charge in [0.05, 0.1) is 6.10 Å². The number of aliphatic hydroxyl groups is 1. The van der Waals surface area contributed by atoms with Crippen LogP contribution in [-0.2, 0) is 6.42 Å². The molecule has 2 unspecified atom stereocenters. The van der Waals surface area contributed by atoms with Crippen molar-refractivity contribution in [3.63, 3.8) is 0 Å². The third-order valence-corrected chi connectivity index (χ3v) is 3.82. The highest BCUT2D eigenvalue weighted by Gasteiger charge is 2.41. The topological polar surface area (TPSA) is 45.1 Å². The number of hydrogen-bond donors (Lipinski definition) is 2. The highest BCUT2D eigenvalue weighted by molar-refractivity contribution is 5.12. The third-order valence-electron chi connectivity index (χ3n) is 3.82. The minimum absolute atomic E-state index is 0.0127. The smallest absolute Gasteiger partial charge is 0.392 e. The lowest BCUT2D eigenvalue weighted by molar-refractivity contribution is -0.157. The summed E-state index contributed by atoms with van der Waals surface area (Å²) in [6.07, 6.45) is -2.21. The van der Waals surface area contributed by atoms with Gasteiger partial charge >= 0.3 is 6.18 Å². The molecule has 0 saturated carbocycles. The summed E-state index contributed by atoms with van der Waals surface area (Å²) in [5, 5.41) is 12.7. The molecule has 0 spiro atoms. The van der Waals surface area contributed by atoms with Crippen LogP contribution in [0.1, 0.15) is 33.3 Å². The largest absolute Gasteiger partial charge is 0.404 e. The summed E-state index contributed by atoms with van der Waals surface area (Å²) in [6, 6.07) is 1.51. The van der Waals surface area contributed by atoms with Gasteiger partial charge in [-0.3, -0.25) is 4.98 Å². The van der Waals surface area contributed by atoms with Gasteiger partial charge in [0.25, 0.3) is 0 Å². The maximum absolute atomic E-state index is 13.2. The average Bonchev–Trinajstić information content (AvgIpc) is 2.42. The number of halogens is 3. The van der Waals surface area contributed by atoms with Crippen molar-refractivity contribution in [3.8, 4) is 0 Å². The number of nitrogens with zero attached hydrogens (tertiary/aromatic N) is 1. The predicted molar refractivity (Wildman–Crippen MR) is 80.4 cm³/mol. The summed E-state index contributed by atoms with van der Waals surface area (Å²) in [6.45, 7) is 7.33. The number of rotatable bonds is 7. The van der Waals surface area contributed by atoms with Crippen molar-refractivity contribution in [2.45, 2.75) is 52.4 Å². The Kier molecular flexibility index (Phi) is 6.38. The molecule has 0 fully saturated rings. The maximum atomic E-state index is 13.2. The summed E-state index contributed by atoms with van der Waals surface area (Å²) in [5.41, 5.74) is -0.0670. The van der Waals surface area contributed by atoms with E-state index in [1.54, 1.807) is 26.0 Å². The van der Waals surface area contributed by atoms with Gasteiger partial charge in [0.15, 0.2) is 0 Å². The van der Waals surface area contributed by atoms with Gasteiger partial charge in [-0.05, 0) is 30.0 Å². The molecule has 1 aromatic heterocycles. The average molecular weight is 318 g/mol. The zero-order valence-corrected chi connectivity index (χ0v) is 13.5. The van der Waals surface area contributed by atoms with E-state index in [1.165, 1.54) is 12.4 Å². The molecule has 6 heteroatoms. The molecule has 3 nitrogen and oxygen atoms in total. The fourth-order valence-electron chi connectivity index (χ4n) is 2.45. The van der Waals surface area contributed by atoms with E-state index in [-0.39, 0.29) is 18.9 Å². The number of hydrogen-bond acceptors (Lipinski definition) is 3. The van der Waals surface area contributed by atoms with Crippen molar-refractivity contribution in [3.05, 3.63) is 30.1 Å². The van der Waals surface area contributed by atoms with E-state index in [0.717, 1.165) is 0 Å². The maximum Gasteiger partial charge on any atom is 0.404 e. The molecule has 1 heterocycles. The van der Waals surface area contributed by atoms with Crippen molar-refractivity contribution in [1.29, 1.82) is 0 Å². The molecule has 2 N–H and O–H groups in total. The highest BCUT2D eigenvalue weighted by atomic mass is 19.4. The van der Waals surface area contributed by atoms with Gasteiger partial charge in [0.1, 0.15) is 6.04 Å². The second kappa shape index (κ2) is 7.42. The number of alkyl halides is 3. The Hall–Kier alpha value is -1.14. The molecular weight excluding hydrogens is 293 g/mol. The zero-order chi connectivity index (χ0) is 17.0. The molecule has 126 valence electrons. The van der Waals surface area contributed by atoms with Crippen LogP contribution in [0.25, 0.3) is 0 Å². The Morgan fingerprint density at radius 2 is 1.73 bits per heavy atom. The summed E-state index contributed by atoms with van der Waals surface area (Å²) in [7, 11) is 0. The molecule has 0 aliphatic carbocycles. The Morgan fingerprint density at radius 3 is 2.18 bits per heavy atom. The van der Waals surface area contributed by atoms with Crippen LogP contribution in [0.5, 0.6) is 0 Å². The molecule has 0 radical (unpaired) electrons.